The van der Waals surface area contributed by atoms with Crippen molar-refractivity contribution in [3.05, 3.63) is 41.4 Å². The normalized spacial score (nSPS) is 13.7. The molecule has 1 saturated carbocycles. The number of anilines is 1. The van der Waals surface area contributed by atoms with Crippen LogP contribution in [0.15, 0.2) is 35.7 Å². The van der Waals surface area contributed by atoms with Gasteiger partial charge in [0.2, 0.25) is 11.0 Å². The Morgan fingerprint density at radius 2 is 2.08 bits per heavy atom. The summed E-state index contributed by atoms with van der Waals surface area (Å²) in [6.45, 7) is 1.90. The summed E-state index contributed by atoms with van der Waals surface area (Å²) in [5, 5.41) is 10.2. The van der Waals surface area contributed by atoms with Crippen molar-refractivity contribution in [1.29, 1.82) is 0 Å². The number of benzene rings is 1. The van der Waals surface area contributed by atoms with E-state index in [2.05, 4.69) is 15.4 Å². The molecule has 0 radical (unpaired) electrons. The Morgan fingerprint density at radius 3 is 2.76 bits per heavy atom. The van der Waals surface area contributed by atoms with Gasteiger partial charge in [0, 0.05) is 22.9 Å². The molecule has 25 heavy (non-hydrogen) atoms. The highest BCUT2D eigenvalue weighted by Crippen LogP contribution is 2.31. The maximum absolute atomic E-state index is 12.1. The highest BCUT2D eigenvalue weighted by Gasteiger charge is 2.30. The third-order valence-corrected chi connectivity index (χ3v) is 4.91. The average molecular weight is 354 g/mol. The molecular weight excluding hydrogens is 336 g/mol. The Labute approximate surface area is 149 Å². The highest BCUT2D eigenvalue weighted by atomic mass is 32.1. The second-order valence-corrected chi connectivity index (χ2v) is 6.93. The molecule has 0 aliphatic heterocycles. The van der Waals surface area contributed by atoms with Crippen molar-refractivity contribution in [3.63, 3.8) is 0 Å². The first kappa shape index (κ1) is 15.8. The number of nitrogens with one attached hydrogen (secondary N) is 1. The number of nitrogens with zero attached hydrogens (tertiary/aromatic N) is 3. The third kappa shape index (κ3) is 3.28. The second-order valence-electron chi connectivity index (χ2n) is 6.09. The number of rotatable bonds is 5. The van der Waals surface area contributed by atoms with Gasteiger partial charge in [-0.3, -0.25) is 4.79 Å². The van der Waals surface area contributed by atoms with Crippen molar-refractivity contribution in [3.8, 4) is 22.1 Å². The largest absolute Gasteiger partial charge is 0.497 e. The van der Waals surface area contributed by atoms with Gasteiger partial charge in [-0.1, -0.05) is 0 Å². The molecule has 0 spiro atoms. The van der Waals surface area contributed by atoms with E-state index in [9.17, 15) is 4.79 Å². The summed E-state index contributed by atoms with van der Waals surface area (Å²) >= 11 is 1.49. The molecule has 2 heterocycles. The Bertz CT molecular complexity index is 910. The lowest BCUT2D eigenvalue weighted by molar-refractivity contribution is -0.117. The van der Waals surface area contributed by atoms with Crippen LogP contribution in [0.2, 0.25) is 0 Å². The zero-order valence-corrected chi connectivity index (χ0v) is 14.8. The molecule has 1 amide bonds. The molecule has 7 heteroatoms. The maximum atomic E-state index is 12.1. The molecule has 2 aromatic heterocycles. The summed E-state index contributed by atoms with van der Waals surface area (Å²) in [4.78, 5) is 16.7. The van der Waals surface area contributed by atoms with E-state index in [1.54, 1.807) is 11.8 Å². The summed E-state index contributed by atoms with van der Waals surface area (Å²) in [6.07, 6.45) is 1.94. The van der Waals surface area contributed by atoms with Gasteiger partial charge >= 0.3 is 0 Å². The topological polar surface area (TPSA) is 69.0 Å². The fraction of sp³-hybridized carbons (Fsp3) is 0.278. The van der Waals surface area contributed by atoms with E-state index in [4.69, 9.17) is 4.74 Å². The van der Waals surface area contributed by atoms with E-state index < -0.39 is 0 Å². The third-order valence-electron chi connectivity index (χ3n) is 4.09. The Kier molecular flexibility index (Phi) is 4.01. The van der Waals surface area contributed by atoms with Crippen LogP contribution in [-0.4, -0.2) is 27.8 Å². The smallest absolute Gasteiger partial charge is 0.228 e. The summed E-state index contributed by atoms with van der Waals surface area (Å²) in [5.41, 5.74) is 2.72. The number of ether oxygens (including phenoxy) is 1. The van der Waals surface area contributed by atoms with Crippen LogP contribution in [-0.2, 0) is 4.79 Å². The van der Waals surface area contributed by atoms with Gasteiger partial charge in [0.25, 0.3) is 0 Å². The van der Waals surface area contributed by atoms with Crippen LogP contribution in [0.1, 0.15) is 18.5 Å². The van der Waals surface area contributed by atoms with Crippen molar-refractivity contribution >= 4 is 23.1 Å². The number of amides is 1. The van der Waals surface area contributed by atoms with E-state index in [0.717, 1.165) is 40.7 Å². The van der Waals surface area contributed by atoms with Crippen LogP contribution < -0.4 is 10.1 Å². The van der Waals surface area contributed by atoms with Crippen molar-refractivity contribution in [1.82, 2.24) is 14.8 Å². The predicted octanol–water partition coefficient (Wildman–Crippen LogP) is 3.66. The van der Waals surface area contributed by atoms with Gasteiger partial charge < -0.3 is 10.1 Å². The number of aryl methyl sites for hydroxylation is 1. The summed E-state index contributed by atoms with van der Waals surface area (Å²) in [6, 6.07) is 9.64. The first-order valence-electron chi connectivity index (χ1n) is 8.12. The molecule has 4 rings (SSSR count). The number of carbonyl (C=O) groups excluding carboxylic acids is 1. The predicted molar refractivity (Wildman–Crippen MR) is 97.3 cm³/mol. The minimum Gasteiger partial charge on any atom is -0.497 e. The molecule has 3 aromatic rings. The number of methoxy groups -OCH3 is 1. The van der Waals surface area contributed by atoms with E-state index >= 15 is 0 Å². The molecule has 1 aliphatic carbocycles. The fourth-order valence-corrected chi connectivity index (χ4v) is 3.36. The van der Waals surface area contributed by atoms with Crippen LogP contribution in [0.3, 0.4) is 0 Å². The van der Waals surface area contributed by atoms with Crippen LogP contribution in [0, 0.1) is 12.8 Å². The van der Waals surface area contributed by atoms with Crippen LogP contribution in [0.5, 0.6) is 5.75 Å². The lowest BCUT2D eigenvalue weighted by Gasteiger charge is -2.05. The highest BCUT2D eigenvalue weighted by molar-refractivity contribution is 7.12. The molecule has 0 saturated heterocycles. The van der Waals surface area contributed by atoms with E-state index in [1.165, 1.54) is 11.3 Å². The lowest BCUT2D eigenvalue weighted by atomic mass is 10.2. The van der Waals surface area contributed by atoms with Crippen LogP contribution >= 0.6 is 11.3 Å². The van der Waals surface area contributed by atoms with Gasteiger partial charge in [-0.2, -0.15) is 9.78 Å². The van der Waals surface area contributed by atoms with E-state index in [1.807, 2.05) is 42.6 Å². The van der Waals surface area contributed by atoms with Gasteiger partial charge in [-0.05, 0) is 44.0 Å². The Hall–Kier alpha value is -2.67. The molecule has 0 unspecified atom stereocenters. The SMILES string of the molecule is COc1ccc(-c2csc(-n3nc(C)cc3NC(=O)C3CC3)n2)cc1. The quantitative estimate of drug-likeness (QED) is 0.759. The number of aromatic nitrogens is 3. The summed E-state index contributed by atoms with van der Waals surface area (Å²) in [7, 11) is 1.65. The van der Waals surface area contributed by atoms with Gasteiger partial charge in [0.1, 0.15) is 11.6 Å². The molecule has 1 fully saturated rings. The summed E-state index contributed by atoms with van der Waals surface area (Å²) in [5.74, 6) is 1.69. The first-order valence-corrected chi connectivity index (χ1v) is 9.00. The number of carbonyl (C=O) groups is 1. The monoisotopic (exact) mass is 354 g/mol. The van der Waals surface area contributed by atoms with Crippen molar-refractivity contribution in [2.75, 3.05) is 12.4 Å². The van der Waals surface area contributed by atoms with Gasteiger partial charge in [-0.25, -0.2) is 4.98 Å². The Balaban J connectivity index is 1.62. The number of hydrogen-bond acceptors (Lipinski definition) is 5. The zero-order chi connectivity index (χ0) is 17.4. The molecule has 1 aliphatic rings. The van der Waals surface area contributed by atoms with Crippen LogP contribution in [0.25, 0.3) is 16.4 Å². The molecule has 6 nitrogen and oxygen atoms in total. The second kappa shape index (κ2) is 6.33. The van der Waals surface area contributed by atoms with Gasteiger partial charge in [0.15, 0.2) is 0 Å². The lowest BCUT2D eigenvalue weighted by Crippen LogP contribution is -2.16. The van der Waals surface area contributed by atoms with Crippen LogP contribution in [0.4, 0.5) is 5.82 Å². The van der Waals surface area contributed by atoms with Crippen molar-refractivity contribution in [2.45, 2.75) is 19.8 Å². The molecule has 1 aromatic carbocycles. The van der Waals surface area contributed by atoms with E-state index in [-0.39, 0.29) is 11.8 Å². The zero-order valence-electron chi connectivity index (χ0n) is 14.0. The number of thiazole rings is 1. The van der Waals surface area contributed by atoms with Crippen molar-refractivity contribution < 1.29 is 9.53 Å². The molecule has 0 bridgehead atoms. The van der Waals surface area contributed by atoms with Crippen molar-refractivity contribution in [2.24, 2.45) is 5.92 Å². The fourth-order valence-electron chi connectivity index (χ4n) is 2.56. The molecule has 1 N–H and O–H groups in total. The first-order chi connectivity index (χ1) is 12.1. The maximum Gasteiger partial charge on any atom is 0.228 e. The number of hydrogen-bond donors (Lipinski definition) is 1. The van der Waals surface area contributed by atoms with E-state index in [0.29, 0.717) is 5.82 Å². The minimum absolute atomic E-state index is 0.0630. The summed E-state index contributed by atoms with van der Waals surface area (Å²) < 4.78 is 6.89. The molecule has 0 atom stereocenters. The molecular formula is C18H18N4O2S. The van der Waals surface area contributed by atoms with Gasteiger partial charge in [-0.15, -0.1) is 11.3 Å². The Morgan fingerprint density at radius 1 is 1.32 bits per heavy atom. The average Bonchev–Trinajstić information content (AvgIpc) is 3.26. The molecule has 128 valence electrons. The standard InChI is InChI=1S/C18H18N4O2S/c1-11-9-16(20-17(23)13-3-4-13)22(21-11)18-19-15(10-25-18)12-5-7-14(24-2)8-6-12/h5-10,13H,3-4H2,1-2H3,(H,20,23). The van der Waals surface area contributed by atoms with Gasteiger partial charge in [0.05, 0.1) is 18.5 Å². The minimum atomic E-state index is 0.0630.